The van der Waals surface area contributed by atoms with Crippen LogP contribution in [0.2, 0.25) is 0 Å². The average molecular weight is 433 g/mol. The molecule has 0 spiro atoms. The molecular formula is C29H36O3. The molecule has 3 aromatic carbocycles. The predicted molar refractivity (Wildman–Crippen MR) is 131 cm³/mol. The molecule has 0 saturated heterocycles. The van der Waals surface area contributed by atoms with E-state index in [1.807, 2.05) is 18.2 Å². The van der Waals surface area contributed by atoms with E-state index in [1.165, 1.54) is 19.3 Å². The smallest absolute Gasteiger partial charge is 0.143 e. The summed E-state index contributed by atoms with van der Waals surface area (Å²) in [7, 11) is 0. The molecule has 0 aliphatic rings. The fourth-order valence-corrected chi connectivity index (χ4v) is 3.98. The molecule has 0 aliphatic heterocycles. The van der Waals surface area contributed by atoms with Crippen LogP contribution in [0, 0.1) is 0 Å². The van der Waals surface area contributed by atoms with Crippen LogP contribution >= 0.6 is 0 Å². The van der Waals surface area contributed by atoms with Gasteiger partial charge in [0.25, 0.3) is 0 Å². The van der Waals surface area contributed by atoms with Gasteiger partial charge in [-0.15, -0.1) is 0 Å². The first-order valence-corrected chi connectivity index (χ1v) is 11.8. The van der Waals surface area contributed by atoms with Crippen molar-refractivity contribution < 1.29 is 14.2 Å². The van der Waals surface area contributed by atoms with Crippen LogP contribution < -0.4 is 0 Å². The second kappa shape index (κ2) is 13.8. The molecule has 0 atom stereocenters. The molecule has 0 N–H and O–H groups in total. The highest BCUT2D eigenvalue weighted by Gasteiger charge is 2.37. The Morgan fingerprint density at radius 3 is 1.41 bits per heavy atom. The van der Waals surface area contributed by atoms with Crippen molar-refractivity contribution in [2.45, 2.75) is 38.2 Å². The minimum absolute atomic E-state index is 0.481. The molecule has 0 bridgehead atoms. The number of benzene rings is 3. The first-order chi connectivity index (χ1) is 15.9. The van der Waals surface area contributed by atoms with Gasteiger partial charge in [-0.05, 0) is 23.1 Å². The fraction of sp³-hybridized carbons (Fsp3) is 0.379. The summed E-state index contributed by atoms with van der Waals surface area (Å²) >= 11 is 0. The summed E-state index contributed by atoms with van der Waals surface area (Å²) in [5.74, 6) is 0. The van der Waals surface area contributed by atoms with Crippen molar-refractivity contribution in [3.63, 3.8) is 0 Å². The van der Waals surface area contributed by atoms with E-state index in [2.05, 4.69) is 79.7 Å². The summed E-state index contributed by atoms with van der Waals surface area (Å²) in [5, 5.41) is 0. The van der Waals surface area contributed by atoms with E-state index in [-0.39, 0.29) is 0 Å². The lowest BCUT2D eigenvalue weighted by atomic mass is 9.80. The van der Waals surface area contributed by atoms with E-state index in [4.69, 9.17) is 14.2 Å². The first-order valence-electron chi connectivity index (χ1n) is 11.8. The Labute approximate surface area is 193 Å². The third-order valence-electron chi connectivity index (χ3n) is 5.60. The van der Waals surface area contributed by atoms with E-state index >= 15 is 0 Å². The maximum Gasteiger partial charge on any atom is 0.143 e. The van der Waals surface area contributed by atoms with E-state index in [1.54, 1.807) is 0 Å². The summed E-state index contributed by atoms with van der Waals surface area (Å²) < 4.78 is 18.2. The molecule has 0 aliphatic carbocycles. The molecule has 0 amide bonds. The number of hydrogen-bond acceptors (Lipinski definition) is 3. The summed E-state index contributed by atoms with van der Waals surface area (Å²) in [6.45, 7) is 5.26. The lowest BCUT2D eigenvalue weighted by Gasteiger charge is -2.36. The van der Waals surface area contributed by atoms with E-state index in [9.17, 15) is 0 Å². The lowest BCUT2D eigenvalue weighted by molar-refractivity contribution is -0.0334. The average Bonchev–Trinajstić information content (AvgIpc) is 2.87. The molecule has 0 aromatic heterocycles. The summed E-state index contributed by atoms with van der Waals surface area (Å²) in [4.78, 5) is 0. The monoisotopic (exact) mass is 432 g/mol. The van der Waals surface area contributed by atoms with Gasteiger partial charge in [0.15, 0.2) is 0 Å². The lowest BCUT2D eigenvalue weighted by Crippen LogP contribution is -2.34. The Bertz CT molecular complexity index is 753. The van der Waals surface area contributed by atoms with Crippen LogP contribution in [0.3, 0.4) is 0 Å². The van der Waals surface area contributed by atoms with Gasteiger partial charge in [0.1, 0.15) is 5.60 Å². The standard InChI is InChI=1S/C29H36O3/c1-2-3-4-14-21-30-22-23-31-24-25-32-29(26-15-8-5-9-16-26,27-17-10-6-11-18-27)28-19-12-7-13-20-28/h5-13,15-20H,2-4,14,21-25H2,1H3. The fourth-order valence-electron chi connectivity index (χ4n) is 3.98. The summed E-state index contributed by atoms with van der Waals surface area (Å²) in [6, 6.07) is 31.3. The minimum Gasteiger partial charge on any atom is -0.379 e. The normalized spacial score (nSPS) is 11.5. The highest BCUT2D eigenvalue weighted by molar-refractivity contribution is 5.47. The van der Waals surface area contributed by atoms with E-state index in [0.29, 0.717) is 26.4 Å². The van der Waals surface area contributed by atoms with Gasteiger partial charge >= 0.3 is 0 Å². The van der Waals surface area contributed by atoms with Crippen LogP contribution in [0.4, 0.5) is 0 Å². The number of unbranched alkanes of at least 4 members (excludes halogenated alkanes) is 3. The topological polar surface area (TPSA) is 27.7 Å². The number of rotatable bonds is 15. The molecule has 170 valence electrons. The molecule has 3 nitrogen and oxygen atoms in total. The Hall–Kier alpha value is -2.46. The molecule has 0 fully saturated rings. The van der Waals surface area contributed by atoms with Crippen molar-refractivity contribution in [1.82, 2.24) is 0 Å². The zero-order chi connectivity index (χ0) is 22.3. The van der Waals surface area contributed by atoms with Gasteiger partial charge < -0.3 is 14.2 Å². The van der Waals surface area contributed by atoms with Crippen LogP contribution in [-0.4, -0.2) is 33.0 Å². The molecule has 3 heteroatoms. The van der Waals surface area contributed by atoms with Gasteiger partial charge in [-0.25, -0.2) is 0 Å². The maximum absolute atomic E-state index is 6.69. The third-order valence-corrected chi connectivity index (χ3v) is 5.60. The van der Waals surface area contributed by atoms with Crippen molar-refractivity contribution in [2.24, 2.45) is 0 Å². The molecule has 0 radical (unpaired) electrons. The van der Waals surface area contributed by atoms with Crippen LogP contribution in [0.1, 0.15) is 49.3 Å². The minimum atomic E-state index is -0.692. The predicted octanol–water partition coefficient (Wildman–Crippen LogP) is 6.61. The maximum atomic E-state index is 6.69. The summed E-state index contributed by atoms with van der Waals surface area (Å²) in [6.07, 6.45) is 4.90. The molecule has 0 heterocycles. The molecule has 3 rings (SSSR count). The quantitative estimate of drug-likeness (QED) is 0.200. The Morgan fingerprint density at radius 1 is 0.500 bits per heavy atom. The van der Waals surface area contributed by atoms with Crippen molar-refractivity contribution in [3.8, 4) is 0 Å². The highest BCUT2D eigenvalue weighted by Crippen LogP contribution is 2.40. The second-order valence-corrected chi connectivity index (χ2v) is 7.91. The van der Waals surface area contributed by atoms with Crippen molar-refractivity contribution >= 4 is 0 Å². The van der Waals surface area contributed by atoms with Gasteiger partial charge in [0.05, 0.1) is 26.4 Å². The molecular weight excluding hydrogens is 396 g/mol. The number of hydrogen-bond donors (Lipinski definition) is 0. The van der Waals surface area contributed by atoms with Crippen LogP contribution in [0.15, 0.2) is 91.0 Å². The Balaban J connectivity index is 1.64. The zero-order valence-corrected chi connectivity index (χ0v) is 19.2. The van der Waals surface area contributed by atoms with Crippen molar-refractivity contribution in [2.75, 3.05) is 33.0 Å². The van der Waals surface area contributed by atoms with Gasteiger partial charge in [-0.1, -0.05) is 117 Å². The van der Waals surface area contributed by atoms with Gasteiger partial charge in [-0.2, -0.15) is 0 Å². The SMILES string of the molecule is CCCCCCOCCOCCOC(c1ccccc1)(c1ccccc1)c1ccccc1. The van der Waals surface area contributed by atoms with Crippen LogP contribution in [-0.2, 0) is 19.8 Å². The molecule has 3 aromatic rings. The van der Waals surface area contributed by atoms with Crippen LogP contribution in [0.25, 0.3) is 0 Å². The number of ether oxygens (including phenoxy) is 3. The van der Waals surface area contributed by atoms with Crippen molar-refractivity contribution in [3.05, 3.63) is 108 Å². The van der Waals surface area contributed by atoms with E-state index in [0.717, 1.165) is 29.7 Å². The Kier molecular flexibility index (Phi) is 10.5. The van der Waals surface area contributed by atoms with Gasteiger partial charge in [0.2, 0.25) is 0 Å². The molecule has 0 unspecified atom stereocenters. The summed E-state index contributed by atoms with van der Waals surface area (Å²) in [5.41, 5.74) is 2.62. The van der Waals surface area contributed by atoms with Crippen molar-refractivity contribution in [1.29, 1.82) is 0 Å². The van der Waals surface area contributed by atoms with E-state index < -0.39 is 5.60 Å². The van der Waals surface area contributed by atoms with Gasteiger partial charge in [0, 0.05) is 6.61 Å². The Morgan fingerprint density at radius 2 is 0.938 bits per heavy atom. The second-order valence-electron chi connectivity index (χ2n) is 7.91. The molecule has 32 heavy (non-hydrogen) atoms. The highest BCUT2D eigenvalue weighted by atomic mass is 16.5. The van der Waals surface area contributed by atoms with Gasteiger partial charge in [-0.3, -0.25) is 0 Å². The van der Waals surface area contributed by atoms with Crippen LogP contribution in [0.5, 0.6) is 0 Å². The molecule has 0 saturated carbocycles. The first kappa shape index (κ1) is 24.2. The zero-order valence-electron chi connectivity index (χ0n) is 19.2. The largest absolute Gasteiger partial charge is 0.379 e. The third kappa shape index (κ3) is 6.77.